The first-order valence-electron chi connectivity index (χ1n) is 8.21. The highest BCUT2D eigenvalue weighted by Gasteiger charge is 2.11. The lowest BCUT2D eigenvalue weighted by atomic mass is 10.1. The smallest absolute Gasteiger partial charge is 0.337 e. The van der Waals surface area contributed by atoms with Crippen molar-refractivity contribution in [3.05, 3.63) is 53.6 Å². The number of rotatable bonds is 8. The van der Waals surface area contributed by atoms with E-state index in [4.69, 9.17) is 14.2 Å². The fourth-order valence-corrected chi connectivity index (χ4v) is 2.63. The molecule has 0 aliphatic carbocycles. The summed E-state index contributed by atoms with van der Waals surface area (Å²) < 4.78 is 15.8. The molecule has 2 rings (SSSR count). The second-order valence-electron chi connectivity index (χ2n) is 5.83. The van der Waals surface area contributed by atoms with Crippen molar-refractivity contribution in [2.24, 2.45) is 0 Å². The summed E-state index contributed by atoms with van der Waals surface area (Å²) in [6.07, 6.45) is 1.81. The van der Waals surface area contributed by atoms with Crippen molar-refractivity contribution >= 4 is 11.7 Å². The Morgan fingerprint density at radius 1 is 1.04 bits per heavy atom. The van der Waals surface area contributed by atoms with Crippen LogP contribution in [0.4, 0.5) is 5.69 Å². The Hall–Kier alpha value is -2.69. The van der Waals surface area contributed by atoms with Gasteiger partial charge in [-0.2, -0.15) is 0 Å². The van der Waals surface area contributed by atoms with Crippen LogP contribution in [0.15, 0.2) is 42.5 Å². The summed E-state index contributed by atoms with van der Waals surface area (Å²) in [6.45, 7) is 0.565. The van der Waals surface area contributed by atoms with Crippen molar-refractivity contribution in [2.75, 3.05) is 39.8 Å². The highest BCUT2D eigenvalue weighted by Crippen LogP contribution is 2.28. The molecule has 0 N–H and O–H groups in total. The molecule has 0 amide bonds. The van der Waals surface area contributed by atoms with Crippen LogP contribution in [0.25, 0.3) is 0 Å². The van der Waals surface area contributed by atoms with Gasteiger partial charge in [-0.3, -0.25) is 0 Å². The van der Waals surface area contributed by atoms with Crippen LogP contribution in [0.1, 0.15) is 22.3 Å². The van der Waals surface area contributed by atoms with E-state index >= 15 is 0 Å². The SMILES string of the molecule is COC(=O)c1ccc(OCCCc2ccccc2N(C)C)c(OC)c1. The van der Waals surface area contributed by atoms with Gasteiger partial charge in [0.15, 0.2) is 11.5 Å². The van der Waals surface area contributed by atoms with Gasteiger partial charge in [-0.1, -0.05) is 18.2 Å². The molecule has 0 heterocycles. The summed E-state index contributed by atoms with van der Waals surface area (Å²) in [5, 5.41) is 0. The molecule has 0 atom stereocenters. The van der Waals surface area contributed by atoms with Gasteiger partial charge in [0, 0.05) is 19.8 Å². The molecule has 0 saturated carbocycles. The lowest BCUT2D eigenvalue weighted by Gasteiger charge is -2.17. The highest BCUT2D eigenvalue weighted by atomic mass is 16.5. The van der Waals surface area contributed by atoms with E-state index in [0.29, 0.717) is 23.7 Å². The number of carbonyl (C=O) groups is 1. The molecule has 25 heavy (non-hydrogen) atoms. The van der Waals surface area contributed by atoms with Crippen molar-refractivity contribution in [3.8, 4) is 11.5 Å². The molecule has 2 aromatic carbocycles. The van der Waals surface area contributed by atoms with Gasteiger partial charge in [0.1, 0.15) is 0 Å². The van der Waals surface area contributed by atoms with Gasteiger partial charge in [0.2, 0.25) is 0 Å². The number of ether oxygens (including phenoxy) is 3. The first kappa shape index (κ1) is 18.6. The Balaban J connectivity index is 1.95. The largest absolute Gasteiger partial charge is 0.493 e. The minimum absolute atomic E-state index is 0.398. The van der Waals surface area contributed by atoms with E-state index in [1.54, 1.807) is 25.3 Å². The normalized spacial score (nSPS) is 10.2. The van der Waals surface area contributed by atoms with Gasteiger partial charge in [0.25, 0.3) is 0 Å². The third-order valence-corrected chi connectivity index (χ3v) is 3.91. The first-order valence-corrected chi connectivity index (χ1v) is 8.21. The Morgan fingerprint density at radius 2 is 1.80 bits per heavy atom. The van der Waals surface area contributed by atoms with E-state index in [2.05, 4.69) is 23.1 Å². The summed E-state index contributed by atoms with van der Waals surface area (Å²) in [6, 6.07) is 13.4. The van der Waals surface area contributed by atoms with Crippen molar-refractivity contribution < 1.29 is 19.0 Å². The van der Waals surface area contributed by atoms with E-state index in [1.807, 2.05) is 20.2 Å². The Morgan fingerprint density at radius 3 is 2.48 bits per heavy atom. The van der Waals surface area contributed by atoms with Gasteiger partial charge >= 0.3 is 5.97 Å². The maximum Gasteiger partial charge on any atom is 0.337 e. The van der Waals surface area contributed by atoms with Crippen molar-refractivity contribution in [1.82, 2.24) is 0 Å². The van der Waals surface area contributed by atoms with Gasteiger partial charge < -0.3 is 19.1 Å². The lowest BCUT2D eigenvalue weighted by Crippen LogP contribution is -2.11. The first-order chi connectivity index (χ1) is 12.1. The fourth-order valence-electron chi connectivity index (χ4n) is 2.63. The predicted octanol–water partition coefficient (Wildman–Crippen LogP) is 3.56. The summed E-state index contributed by atoms with van der Waals surface area (Å²) in [5.41, 5.74) is 2.96. The molecule has 5 heteroatoms. The molecule has 0 fully saturated rings. The van der Waals surface area contributed by atoms with Crippen molar-refractivity contribution in [2.45, 2.75) is 12.8 Å². The van der Waals surface area contributed by atoms with Crippen LogP contribution in [0, 0.1) is 0 Å². The number of aryl methyl sites for hydroxylation is 1. The number of para-hydroxylation sites is 1. The molecule has 0 saturated heterocycles. The van der Waals surface area contributed by atoms with Crippen LogP contribution in [-0.2, 0) is 11.2 Å². The summed E-state index contributed by atoms with van der Waals surface area (Å²) in [7, 11) is 6.99. The maximum absolute atomic E-state index is 11.6. The quantitative estimate of drug-likeness (QED) is 0.542. The van der Waals surface area contributed by atoms with Crippen molar-refractivity contribution in [1.29, 1.82) is 0 Å². The van der Waals surface area contributed by atoms with E-state index in [9.17, 15) is 4.79 Å². The number of esters is 1. The lowest BCUT2D eigenvalue weighted by molar-refractivity contribution is 0.0600. The summed E-state index contributed by atoms with van der Waals surface area (Å²) in [4.78, 5) is 13.7. The average molecular weight is 343 g/mol. The standard InChI is InChI=1S/C20H25NO4/c1-21(2)17-10-6-5-8-15(17)9-7-13-25-18-12-11-16(20(22)24-4)14-19(18)23-3/h5-6,8,10-12,14H,7,9,13H2,1-4H3. The predicted molar refractivity (Wildman–Crippen MR) is 98.9 cm³/mol. The zero-order chi connectivity index (χ0) is 18.2. The minimum Gasteiger partial charge on any atom is -0.493 e. The summed E-state index contributed by atoms with van der Waals surface area (Å²) >= 11 is 0. The Kier molecular flexibility index (Phi) is 6.69. The number of anilines is 1. The van der Waals surface area contributed by atoms with E-state index in [-0.39, 0.29) is 0 Å². The topological polar surface area (TPSA) is 48.0 Å². The van der Waals surface area contributed by atoms with Crippen LogP contribution in [-0.4, -0.2) is 40.9 Å². The van der Waals surface area contributed by atoms with Crippen molar-refractivity contribution in [3.63, 3.8) is 0 Å². The molecule has 0 aromatic heterocycles. The van der Waals surface area contributed by atoms with Crippen LogP contribution in [0.3, 0.4) is 0 Å². The second kappa shape index (κ2) is 8.97. The zero-order valence-electron chi connectivity index (χ0n) is 15.2. The van der Waals surface area contributed by atoms with Gasteiger partial charge in [0.05, 0.1) is 26.4 Å². The molecule has 0 aliphatic rings. The number of hydrogen-bond acceptors (Lipinski definition) is 5. The van der Waals surface area contributed by atoms with Crippen LogP contribution >= 0.6 is 0 Å². The van der Waals surface area contributed by atoms with Gasteiger partial charge in [-0.15, -0.1) is 0 Å². The molecule has 0 unspecified atom stereocenters. The molecular weight excluding hydrogens is 318 g/mol. The van der Waals surface area contributed by atoms with Crippen LogP contribution in [0.2, 0.25) is 0 Å². The molecular formula is C20H25NO4. The van der Waals surface area contributed by atoms with Gasteiger partial charge in [-0.05, 0) is 42.7 Å². The fraction of sp³-hybridized carbons (Fsp3) is 0.350. The molecule has 0 spiro atoms. The molecule has 5 nitrogen and oxygen atoms in total. The van der Waals surface area contributed by atoms with Gasteiger partial charge in [-0.25, -0.2) is 4.79 Å². The monoisotopic (exact) mass is 343 g/mol. The molecule has 0 bridgehead atoms. The Labute approximate surface area is 149 Å². The molecule has 0 radical (unpaired) electrons. The Bertz CT molecular complexity index is 713. The minimum atomic E-state index is -0.398. The second-order valence-corrected chi connectivity index (χ2v) is 5.83. The highest BCUT2D eigenvalue weighted by molar-refractivity contribution is 5.90. The molecule has 134 valence electrons. The third-order valence-electron chi connectivity index (χ3n) is 3.91. The molecule has 0 aliphatic heterocycles. The van der Waals surface area contributed by atoms with E-state index < -0.39 is 5.97 Å². The number of hydrogen-bond donors (Lipinski definition) is 0. The van der Waals surface area contributed by atoms with Crippen LogP contribution in [0.5, 0.6) is 11.5 Å². The average Bonchev–Trinajstić information content (AvgIpc) is 2.64. The zero-order valence-corrected chi connectivity index (χ0v) is 15.2. The third kappa shape index (κ3) is 4.89. The van der Waals surface area contributed by atoms with E-state index in [1.165, 1.54) is 18.4 Å². The number of methoxy groups -OCH3 is 2. The number of benzene rings is 2. The number of carbonyl (C=O) groups excluding carboxylic acids is 1. The maximum atomic E-state index is 11.6. The van der Waals surface area contributed by atoms with E-state index in [0.717, 1.165) is 12.8 Å². The molecule has 2 aromatic rings. The summed E-state index contributed by atoms with van der Waals surface area (Å²) in [5.74, 6) is 0.748. The van der Waals surface area contributed by atoms with Crippen LogP contribution < -0.4 is 14.4 Å². The number of nitrogens with zero attached hydrogens (tertiary/aromatic N) is 1.